The van der Waals surface area contributed by atoms with Gasteiger partial charge in [0, 0.05) is 18.8 Å². The molecule has 3 aromatic rings. The van der Waals surface area contributed by atoms with E-state index in [1.807, 2.05) is 23.1 Å². The van der Waals surface area contributed by atoms with Crippen LogP contribution in [0, 0.1) is 6.92 Å². The molecule has 1 fully saturated rings. The number of benzene rings is 1. The minimum absolute atomic E-state index is 0.0526. The van der Waals surface area contributed by atoms with E-state index in [0.717, 1.165) is 48.6 Å². The second kappa shape index (κ2) is 7.64. The number of amides is 2. The summed E-state index contributed by atoms with van der Waals surface area (Å²) in [5.74, 6) is -0.165. The molecule has 154 valence electrons. The summed E-state index contributed by atoms with van der Waals surface area (Å²) < 4.78 is 3.90. The zero-order valence-electron chi connectivity index (χ0n) is 16.7. The van der Waals surface area contributed by atoms with Crippen molar-refractivity contribution in [1.82, 2.24) is 24.7 Å². The molecule has 2 aliphatic heterocycles. The number of fused-ring (bicyclic) bond motifs is 1. The van der Waals surface area contributed by atoms with E-state index in [1.54, 1.807) is 17.9 Å². The van der Waals surface area contributed by atoms with E-state index in [1.165, 1.54) is 5.56 Å². The molecule has 5 rings (SSSR count). The van der Waals surface area contributed by atoms with Crippen LogP contribution in [0.25, 0.3) is 0 Å². The van der Waals surface area contributed by atoms with Crippen LogP contribution in [0.15, 0.2) is 30.3 Å². The standard InChI is InChI=1S/C21H22N6O2S/c1-13-19(30-25-22-13)21(29)26-10-5-4-8-18(26)15-12-16(24-23-15)20(28)27-11-9-14-6-2-3-7-17(14)27/h2-3,6-7,12,18H,4-5,8-11H2,1H3,(H,23,24). The number of para-hydroxylation sites is 1. The summed E-state index contributed by atoms with van der Waals surface area (Å²) in [6.45, 7) is 3.13. The van der Waals surface area contributed by atoms with E-state index >= 15 is 0 Å². The van der Waals surface area contributed by atoms with Gasteiger partial charge < -0.3 is 9.80 Å². The first-order chi connectivity index (χ1) is 14.6. The van der Waals surface area contributed by atoms with Crippen molar-refractivity contribution < 1.29 is 9.59 Å². The lowest BCUT2D eigenvalue weighted by Gasteiger charge is -2.34. The lowest BCUT2D eigenvalue weighted by Crippen LogP contribution is -2.38. The van der Waals surface area contributed by atoms with Gasteiger partial charge in [0.2, 0.25) is 0 Å². The highest BCUT2D eigenvalue weighted by Crippen LogP contribution is 2.33. The van der Waals surface area contributed by atoms with Crippen molar-refractivity contribution in [2.24, 2.45) is 0 Å². The van der Waals surface area contributed by atoms with Gasteiger partial charge in [0.1, 0.15) is 4.88 Å². The van der Waals surface area contributed by atoms with Crippen molar-refractivity contribution in [3.63, 3.8) is 0 Å². The molecular weight excluding hydrogens is 400 g/mol. The normalized spacial score (nSPS) is 18.5. The van der Waals surface area contributed by atoms with Crippen molar-refractivity contribution in [3.8, 4) is 0 Å². The number of H-pyrrole nitrogens is 1. The first kappa shape index (κ1) is 18.9. The van der Waals surface area contributed by atoms with Crippen LogP contribution < -0.4 is 4.90 Å². The monoisotopic (exact) mass is 422 g/mol. The number of carbonyl (C=O) groups excluding carboxylic acids is 2. The number of hydrogen-bond donors (Lipinski definition) is 1. The average Bonchev–Trinajstić information content (AvgIpc) is 3.52. The minimum atomic E-state index is -0.132. The van der Waals surface area contributed by atoms with Gasteiger partial charge in [-0.15, -0.1) is 5.10 Å². The largest absolute Gasteiger partial charge is 0.329 e. The van der Waals surface area contributed by atoms with Crippen molar-refractivity contribution >= 4 is 29.0 Å². The molecule has 0 bridgehead atoms. The Kier molecular flexibility index (Phi) is 4.82. The van der Waals surface area contributed by atoms with Crippen molar-refractivity contribution in [1.29, 1.82) is 0 Å². The van der Waals surface area contributed by atoms with Gasteiger partial charge >= 0.3 is 0 Å². The topological polar surface area (TPSA) is 95.1 Å². The number of nitrogens with zero attached hydrogens (tertiary/aromatic N) is 5. The van der Waals surface area contributed by atoms with Crippen LogP contribution in [-0.4, -0.2) is 49.6 Å². The fraction of sp³-hybridized carbons (Fsp3) is 0.381. The predicted octanol–water partition coefficient (Wildman–Crippen LogP) is 3.14. The van der Waals surface area contributed by atoms with Gasteiger partial charge in [-0.2, -0.15) is 5.10 Å². The van der Waals surface area contributed by atoms with Crippen molar-refractivity contribution in [2.45, 2.75) is 38.6 Å². The molecule has 2 aromatic heterocycles. The smallest absolute Gasteiger partial charge is 0.278 e. The number of aromatic amines is 1. The summed E-state index contributed by atoms with van der Waals surface area (Å²) in [7, 11) is 0. The molecule has 1 atom stereocenters. The average molecular weight is 423 g/mol. The van der Waals surface area contributed by atoms with Crippen LogP contribution in [0.1, 0.15) is 62.4 Å². The highest BCUT2D eigenvalue weighted by molar-refractivity contribution is 7.07. The van der Waals surface area contributed by atoms with Crippen molar-refractivity contribution in [2.75, 3.05) is 18.0 Å². The molecule has 1 N–H and O–H groups in total. The van der Waals surface area contributed by atoms with Crippen LogP contribution >= 0.6 is 11.5 Å². The zero-order chi connectivity index (χ0) is 20.7. The van der Waals surface area contributed by atoms with E-state index < -0.39 is 0 Å². The number of likely N-dealkylation sites (tertiary alicyclic amines) is 1. The van der Waals surface area contributed by atoms with Crippen LogP contribution in [0.5, 0.6) is 0 Å². The van der Waals surface area contributed by atoms with Gasteiger partial charge in [0.25, 0.3) is 11.8 Å². The van der Waals surface area contributed by atoms with E-state index in [-0.39, 0.29) is 17.9 Å². The number of aromatic nitrogens is 4. The molecule has 9 heteroatoms. The maximum atomic E-state index is 13.1. The van der Waals surface area contributed by atoms with E-state index in [4.69, 9.17) is 0 Å². The number of anilines is 1. The van der Waals surface area contributed by atoms with E-state index in [0.29, 0.717) is 29.4 Å². The summed E-state index contributed by atoms with van der Waals surface area (Å²) in [6, 6.07) is 9.64. The molecule has 1 aromatic carbocycles. The fourth-order valence-corrected chi connectivity index (χ4v) is 4.97. The lowest BCUT2D eigenvalue weighted by molar-refractivity contribution is 0.0610. The summed E-state index contributed by atoms with van der Waals surface area (Å²) in [5.41, 5.74) is 3.97. The van der Waals surface area contributed by atoms with Gasteiger partial charge in [-0.25, -0.2) is 0 Å². The van der Waals surface area contributed by atoms with E-state index in [9.17, 15) is 9.59 Å². The zero-order valence-corrected chi connectivity index (χ0v) is 17.5. The molecule has 2 amide bonds. The molecule has 30 heavy (non-hydrogen) atoms. The third-order valence-electron chi connectivity index (χ3n) is 5.92. The molecule has 0 aliphatic carbocycles. The Hall–Kier alpha value is -3.07. The summed E-state index contributed by atoms with van der Waals surface area (Å²) in [6.07, 6.45) is 3.67. The Morgan fingerprint density at radius 3 is 2.87 bits per heavy atom. The van der Waals surface area contributed by atoms with Gasteiger partial charge in [-0.3, -0.25) is 14.7 Å². The minimum Gasteiger partial charge on any atom is -0.329 e. The number of rotatable bonds is 3. The number of nitrogens with one attached hydrogen (secondary N) is 1. The highest BCUT2D eigenvalue weighted by atomic mass is 32.1. The molecule has 1 saturated heterocycles. The molecule has 8 nitrogen and oxygen atoms in total. The number of carbonyl (C=O) groups is 2. The first-order valence-electron chi connectivity index (χ1n) is 10.2. The van der Waals surface area contributed by atoms with Crippen LogP contribution in [0.2, 0.25) is 0 Å². The third-order valence-corrected chi connectivity index (χ3v) is 6.73. The van der Waals surface area contributed by atoms with Gasteiger partial charge in [0.05, 0.1) is 17.4 Å². The maximum absolute atomic E-state index is 13.1. The van der Waals surface area contributed by atoms with E-state index in [2.05, 4.69) is 25.9 Å². The summed E-state index contributed by atoms with van der Waals surface area (Å²) in [4.78, 5) is 30.4. The summed E-state index contributed by atoms with van der Waals surface area (Å²) >= 11 is 1.13. The Morgan fingerprint density at radius 2 is 2.03 bits per heavy atom. The SMILES string of the molecule is Cc1nnsc1C(=O)N1CCCCC1c1cc(C(=O)N2CCc3ccccc32)n[nH]1. The number of piperidine rings is 1. The van der Waals surface area contributed by atoms with Gasteiger partial charge in [0.15, 0.2) is 5.69 Å². The van der Waals surface area contributed by atoms with Crippen LogP contribution in [0.4, 0.5) is 5.69 Å². The Labute approximate surface area is 178 Å². The Bertz CT molecular complexity index is 1110. The second-order valence-electron chi connectivity index (χ2n) is 7.74. The van der Waals surface area contributed by atoms with Crippen molar-refractivity contribution in [3.05, 3.63) is 57.9 Å². The predicted molar refractivity (Wildman–Crippen MR) is 113 cm³/mol. The molecule has 2 aliphatic rings. The molecule has 0 spiro atoms. The van der Waals surface area contributed by atoms with Gasteiger partial charge in [-0.05, 0) is 61.8 Å². The van der Waals surface area contributed by atoms with Gasteiger partial charge in [-0.1, -0.05) is 22.7 Å². The molecule has 0 saturated carbocycles. The number of aryl methyl sites for hydroxylation is 1. The lowest BCUT2D eigenvalue weighted by atomic mass is 9.98. The molecule has 4 heterocycles. The molecule has 0 radical (unpaired) electrons. The Balaban J connectivity index is 1.39. The maximum Gasteiger partial charge on any atom is 0.278 e. The molecular formula is C21H22N6O2S. The first-order valence-corrected chi connectivity index (χ1v) is 11.0. The van der Waals surface area contributed by atoms with Crippen LogP contribution in [-0.2, 0) is 6.42 Å². The molecule has 1 unspecified atom stereocenters. The fourth-order valence-electron chi connectivity index (χ4n) is 4.36. The quantitative estimate of drug-likeness (QED) is 0.700. The third kappa shape index (κ3) is 3.19. The van der Waals surface area contributed by atoms with Crippen LogP contribution in [0.3, 0.4) is 0 Å². The second-order valence-corrected chi connectivity index (χ2v) is 8.50. The number of hydrogen-bond acceptors (Lipinski definition) is 6. The highest BCUT2D eigenvalue weighted by Gasteiger charge is 2.33. The Morgan fingerprint density at radius 1 is 1.17 bits per heavy atom. The summed E-state index contributed by atoms with van der Waals surface area (Å²) in [5, 5.41) is 11.3.